The van der Waals surface area contributed by atoms with Crippen LogP contribution in [-0.2, 0) is 0 Å². The van der Waals surface area contributed by atoms with Crippen molar-refractivity contribution in [3.63, 3.8) is 0 Å². The molecule has 2 unspecified atom stereocenters. The number of ether oxygens (including phenoxy) is 1. The highest BCUT2D eigenvalue weighted by atomic mass is 16.5. The molecule has 0 aliphatic heterocycles. The fourth-order valence-corrected chi connectivity index (χ4v) is 1.36. The van der Waals surface area contributed by atoms with Crippen LogP contribution in [-0.4, -0.2) is 30.4 Å². The lowest BCUT2D eigenvalue weighted by molar-refractivity contribution is 0.105. The van der Waals surface area contributed by atoms with Gasteiger partial charge in [0, 0.05) is 12.6 Å². The first-order valence-electron chi connectivity index (χ1n) is 5.85. The second-order valence-electron chi connectivity index (χ2n) is 4.21. The zero-order valence-corrected chi connectivity index (χ0v) is 10.5. The van der Waals surface area contributed by atoms with E-state index in [0.29, 0.717) is 13.2 Å². The minimum atomic E-state index is -0.516. The van der Waals surface area contributed by atoms with Crippen molar-refractivity contribution in [1.82, 2.24) is 5.32 Å². The molecule has 0 aromatic heterocycles. The van der Waals surface area contributed by atoms with Crippen LogP contribution in [0.4, 0.5) is 0 Å². The Morgan fingerprint density at radius 2 is 2.29 bits per heavy atom. The summed E-state index contributed by atoms with van der Waals surface area (Å²) in [6, 6.07) is 7.99. The molecular weight excluding hydrogens is 214 g/mol. The van der Waals surface area contributed by atoms with Gasteiger partial charge in [0.1, 0.15) is 18.5 Å². The van der Waals surface area contributed by atoms with Gasteiger partial charge in [-0.15, -0.1) is 6.58 Å². The highest BCUT2D eigenvalue weighted by Crippen LogP contribution is 2.12. The summed E-state index contributed by atoms with van der Waals surface area (Å²) in [6.45, 7) is 8.46. The molecule has 0 spiro atoms. The van der Waals surface area contributed by atoms with Crippen LogP contribution in [0.15, 0.2) is 36.9 Å². The van der Waals surface area contributed by atoms with Gasteiger partial charge in [0.05, 0.1) is 0 Å². The van der Waals surface area contributed by atoms with Crippen molar-refractivity contribution in [3.8, 4) is 5.75 Å². The largest absolute Gasteiger partial charge is 0.491 e. The molecule has 0 saturated heterocycles. The fourth-order valence-electron chi connectivity index (χ4n) is 1.36. The zero-order chi connectivity index (χ0) is 12.7. The Bertz CT molecular complexity index is 352. The highest BCUT2D eigenvalue weighted by molar-refractivity contribution is 5.27. The van der Waals surface area contributed by atoms with E-state index < -0.39 is 6.10 Å². The van der Waals surface area contributed by atoms with Crippen molar-refractivity contribution in [2.75, 3.05) is 13.2 Å². The van der Waals surface area contributed by atoms with E-state index in [9.17, 15) is 5.11 Å². The van der Waals surface area contributed by atoms with Crippen molar-refractivity contribution in [2.24, 2.45) is 0 Å². The predicted octanol–water partition coefficient (Wildman–Crippen LogP) is 1.90. The second-order valence-corrected chi connectivity index (χ2v) is 4.21. The molecule has 3 heteroatoms. The van der Waals surface area contributed by atoms with Gasteiger partial charge in [0.25, 0.3) is 0 Å². The summed E-state index contributed by atoms with van der Waals surface area (Å²) in [5.41, 5.74) is 1.15. The number of hydrogen-bond donors (Lipinski definition) is 2. The van der Waals surface area contributed by atoms with Crippen LogP contribution in [0.3, 0.4) is 0 Å². The maximum absolute atomic E-state index is 9.70. The number of rotatable bonds is 7. The summed E-state index contributed by atoms with van der Waals surface area (Å²) < 4.78 is 5.50. The molecule has 17 heavy (non-hydrogen) atoms. The Kier molecular flexibility index (Phi) is 5.73. The molecule has 94 valence electrons. The normalized spacial score (nSPS) is 14.1. The molecule has 2 atom stereocenters. The van der Waals surface area contributed by atoms with E-state index in [1.165, 1.54) is 0 Å². The minimum absolute atomic E-state index is 0.198. The van der Waals surface area contributed by atoms with Crippen LogP contribution in [0.25, 0.3) is 0 Å². The molecule has 0 saturated carbocycles. The molecule has 1 rings (SSSR count). The third-order valence-electron chi connectivity index (χ3n) is 2.46. The lowest BCUT2D eigenvalue weighted by Gasteiger charge is -2.15. The van der Waals surface area contributed by atoms with E-state index in [-0.39, 0.29) is 6.04 Å². The Hall–Kier alpha value is -1.32. The van der Waals surface area contributed by atoms with Crippen LogP contribution in [0.1, 0.15) is 12.5 Å². The number of benzene rings is 1. The molecule has 0 aliphatic carbocycles. The maximum Gasteiger partial charge on any atom is 0.119 e. The third kappa shape index (κ3) is 5.52. The van der Waals surface area contributed by atoms with E-state index in [1.54, 1.807) is 6.08 Å². The molecule has 0 aliphatic rings. The van der Waals surface area contributed by atoms with E-state index >= 15 is 0 Å². The van der Waals surface area contributed by atoms with E-state index in [1.807, 2.05) is 38.1 Å². The zero-order valence-electron chi connectivity index (χ0n) is 10.5. The Morgan fingerprint density at radius 1 is 1.53 bits per heavy atom. The van der Waals surface area contributed by atoms with Crippen molar-refractivity contribution < 1.29 is 9.84 Å². The van der Waals surface area contributed by atoms with Crippen LogP contribution in [0.2, 0.25) is 0 Å². The summed E-state index contributed by atoms with van der Waals surface area (Å²) in [5, 5.41) is 12.8. The Morgan fingerprint density at radius 3 is 2.94 bits per heavy atom. The maximum atomic E-state index is 9.70. The lowest BCUT2D eigenvalue weighted by Crippen LogP contribution is -2.35. The smallest absolute Gasteiger partial charge is 0.119 e. The first-order chi connectivity index (χ1) is 8.11. The van der Waals surface area contributed by atoms with Crippen molar-refractivity contribution in [2.45, 2.75) is 26.0 Å². The van der Waals surface area contributed by atoms with Crippen molar-refractivity contribution >= 4 is 0 Å². The molecular formula is C14H21NO2. The van der Waals surface area contributed by atoms with E-state index in [2.05, 4.69) is 11.9 Å². The topological polar surface area (TPSA) is 41.5 Å². The second kappa shape index (κ2) is 7.09. The minimum Gasteiger partial charge on any atom is -0.491 e. The molecule has 0 fully saturated rings. The monoisotopic (exact) mass is 235 g/mol. The summed E-state index contributed by atoms with van der Waals surface area (Å²) in [6.07, 6.45) is 1.28. The average Bonchev–Trinajstić information content (AvgIpc) is 2.33. The first kappa shape index (κ1) is 13.7. The first-order valence-corrected chi connectivity index (χ1v) is 5.85. The summed E-state index contributed by atoms with van der Waals surface area (Å²) in [4.78, 5) is 0. The van der Waals surface area contributed by atoms with Gasteiger partial charge >= 0.3 is 0 Å². The van der Waals surface area contributed by atoms with Gasteiger partial charge in [-0.05, 0) is 31.5 Å². The van der Waals surface area contributed by atoms with Crippen LogP contribution in [0, 0.1) is 6.92 Å². The highest BCUT2D eigenvalue weighted by Gasteiger charge is 2.06. The Labute approximate surface area is 103 Å². The van der Waals surface area contributed by atoms with Crippen molar-refractivity contribution in [1.29, 1.82) is 0 Å². The number of aliphatic hydroxyl groups is 1. The van der Waals surface area contributed by atoms with Gasteiger partial charge in [0.15, 0.2) is 0 Å². The van der Waals surface area contributed by atoms with Crippen LogP contribution < -0.4 is 10.1 Å². The molecule has 0 heterocycles. The molecule has 0 bridgehead atoms. The van der Waals surface area contributed by atoms with E-state index in [0.717, 1.165) is 11.3 Å². The number of aliphatic hydroxyl groups excluding tert-OH is 1. The van der Waals surface area contributed by atoms with Gasteiger partial charge in [-0.25, -0.2) is 0 Å². The standard InChI is InChI=1S/C14H21NO2/c1-4-12(3)15-9-13(16)10-17-14-7-5-6-11(2)8-14/h4-8,12-13,15-16H,1,9-10H2,2-3H3. The summed E-state index contributed by atoms with van der Waals surface area (Å²) >= 11 is 0. The third-order valence-corrected chi connectivity index (χ3v) is 2.46. The molecule has 1 aromatic rings. The van der Waals surface area contributed by atoms with E-state index in [4.69, 9.17) is 4.74 Å². The molecule has 1 aromatic carbocycles. The van der Waals surface area contributed by atoms with Gasteiger partial charge in [-0.3, -0.25) is 0 Å². The number of nitrogens with one attached hydrogen (secondary N) is 1. The fraction of sp³-hybridized carbons (Fsp3) is 0.429. The molecule has 3 nitrogen and oxygen atoms in total. The quantitative estimate of drug-likeness (QED) is 0.709. The van der Waals surface area contributed by atoms with Gasteiger partial charge in [0.2, 0.25) is 0 Å². The molecule has 2 N–H and O–H groups in total. The summed E-state index contributed by atoms with van der Waals surface area (Å²) in [5.74, 6) is 0.792. The van der Waals surface area contributed by atoms with Gasteiger partial charge < -0.3 is 15.2 Å². The van der Waals surface area contributed by atoms with Crippen LogP contribution >= 0.6 is 0 Å². The number of hydrogen-bond acceptors (Lipinski definition) is 3. The molecule has 0 radical (unpaired) electrons. The number of aryl methyl sites for hydroxylation is 1. The van der Waals surface area contributed by atoms with Gasteiger partial charge in [-0.1, -0.05) is 18.2 Å². The average molecular weight is 235 g/mol. The Balaban J connectivity index is 2.28. The SMILES string of the molecule is C=CC(C)NCC(O)COc1cccc(C)c1. The van der Waals surface area contributed by atoms with Gasteiger partial charge in [-0.2, -0.15) is 0 Å². The summed E-state index contributed by atoms with van der Waals surface area (Å²) in [7, 11) is 0. The van der Waals surface area contributed by atoms with Crippen molar-refractivity contribution in [3.05, 3.63) is 42.5 Å². The molecule has 0 amide bonds. The van der Waals surface area contributed by atoms with Crippen LogP contribution in [0.5, 0.6) is 5.75 Å². The predicted molar refractivity (Wildman–Crippen MR) is 70.3 cm³/mol. The lowest BCUT2D eigenvalue weighted by atomic mass is 10.2.